The van der Waals surface area contributed by atoms with E-state index in [4.69, 9.17) is 0 Å². The van der Waals surface area contributed by atoms with Gasteiger partial charge in [0.25, 0.3) is 5.91 Å². The van der Waals surface area contributed by atoms with E-state index in [9.17, 15) is 9.59 Å². The highest BCUT2D eigenvalue weighted by Crippen LogP contribution is 1.97. The Hall–Kier alpha value is -2.30. The largest absolute Gasteiger partial charge is 0.466 e. The van der Waals surface area contributed by atoms with Gasteiger partial charge >= 0.3 is 5.97 Å². The normalized spacial score (nSPS) is 10.6. The van der Waals surface area contributed by atoms with Gasteiger partial charge < -0.3 is 10.2 Å². The average molecular weight is 234 g/mol. The molecule has 1 amide bonds. The third-order valence-corrected chi connectivity index (χ3v) is 1.94. The molecule has 5 nitrogen and oxygen atoms in total. The molecule has 0 saturated carbocycles. The van der Waals surface area contributed by atoms with E-state index in [1.54, 1.807) is 31.2 Å². The zero-order valence-electron chi connectivity index (χ0n) is 9.69. The van der Waals surface area contributed by atoms with E-state index in [1.807, 2.05) is 6.07 Å². The van der Waals surface area contributed by atoms with Gasteiger partial charge in [-0.1, -0.05) is 18.2 Å². The van der Waals surface area contributed by atoms with Crippen LogP contribution < -0.4 is 10.9 Å². The van der Waals surface area contributed by atoms with Crippen LogP contribution in [0.5, 0.6) is 0 Å². The van der Waals surface area contributed by atoms with Crippen LogP contribution in [0, 0.1) is 0 Å². The van der Waals surface area contributed by atoms with Crippen molar-refractivity contribution in [3.05, 3.63) is 47.7 Å². The molecule has 5 heteroatoms. The Kier molecular flexibility index (Phi) is 4.75. The quantitative estimate of drug-likeness (QED) is 0.463. The van der Waals surface area contributed by atoms with Crippen LogP contribution in [0.3, 0.4) is 0 Å². The molecule has 90 valence electrons. The van der Waals surface area contributed by atoms with E-state index in [0.717, 1.165) is 0 Å². The molecule has 0 atom stereocenters. The summed E-state index contributed by atoms with van der Waals surface area (Å²) in [6, 6.07) is 8.75. The van der Waals surface area contributed by atoms with Crippen LogP contribution in [0.1, 0.15) is 17.3 Å². The fourth-order valence-corrected chi connectivity index (χ4v) is 1.09. The SMILES string of the molecule is COC(=O)/C=C(/C)NNC(=O)c1ccccc1. The predicted octanol–water partition coefficient (Wildman–Crippen LogP) is 0.998. The van der Waals surface area contributed by atoms with E-state index in [0.29, 0.717) is 11.3 Å². The predicted molar refractivity (Wildman–Crippen MR) is 62.8 cm³/mol. The molecule has 1 aromatic rings. The topological polar surface area (TPSA) is 67.4 Å². The first kappa shape index (κ1) is 12.8. The minimum atomic E-state index is -0.482. The maximum Gasteiger partial charge on any atom is 0.332 e. The molecule has 0 aromatic heterocycles. The fourth-order valence-electron chi connectivity index (χ4n) is 1.09. The number of amides is 1. The molecular formula is C12H14N2O3. The van der Waals surface area contributed by atoms with Gasteiger partial charge in [0.05, 0.1) is 7.11 Å². The van der Waals surface area contributed by atoms with E-state index in [-0.39, 0.29) is 5.91 Å². The summed E-state index contributed by atoms with van der Waals surface area (Å²) in [7, 11) is 1.29. The van der Waals surface area contributed by atoms with Crippen molar-refractivity contribution in [2.75, 3.05) is 7.11 Å². The van der Waals surface area contributed by atoms with Gasteiger partial charge in [-0.25, -0.2) is 4.79 Å². The Balaban J connectivity index is 2.49. The highest BCUT2D eigenvalue weighted by molar-refractivity contribution is 5.93. The summed E-state index contributed by atoms with van der Waals surface area (Å²) in [4.78, 5) is 22.5. The zero-order valence-corrected chi connectivity index (χ0v) is 9.69. The number of methoxy groups -OCH3 is 1. The second-order valence-electron chi connectivity index (χ2n) is 3.30. The molecule has 2 N–H and O–H groups in total. The molecule has 0 saturated heterocycles. The molecule has 0 heterocycles. The third-order valence-electron chi connectivity index (χ3n) is 1.94. The maximum absolute atomic E-state index is 11.6. The lowest BCUT2D eigenvalue weighted by Gasteiger charge is -2.08. The number of benzene rings is 1. The number of hydrazine groups is 1. The summed E-state index contributed by atoms with van der Waals surface area (Å²) in [6.07, 6.45) is 1.24. The highest BCUT2D eigenvalue weighted by atomic mass is 16.5. The fraction of sp³-hybridized carbons (Fsp3) is 0.167. The number of nitrogens with one attached hydrogen (secondary N) is 2. The van der Waals surface area contributed by atoms with Crippen molar-refractivity contribution in [2.24, 2.45) is 0 Å². The second kappa shape index (κ2) is 6.32. The van der Waals surface area contributed by atoms with Crippen molar-refractivity contribution >= 4 is 11.9 Å². The molecule has 0 bridgehead atoms. The molecule has 0 aliphatic rings. The minimum absolute atomic E-state index is 0.275. The number of allylic oxidation sites excluding steroid dienone is 1. The van der Waals surface area contributed by atoms with E-state index >= 15 is 0 Å². The van der Waals surface area contributed by atoms with Crippen molar-refractivity contribution in [2.45, 2.75) is 6.92 Å². The third kappa shape index (κ3) is 4.38. The van der Waals surface area contributed by atoms with Crippen molar-refractivity contribution in [1.29, 1.82) is 0 Å². The van der Waals surface area contributed by atoms with Crippen molar-refractivity contribution < 1.29 is 14.3 Å². The first-order valence-corrected chi connectivity index (χ1v) is 5.01. The van der Waals surface area contributed by atoms with Crippen molar-refractivity contribution in [1.82, 2.24) is 10.9 Å². The number of esters is 1. The van der Waals surface area contributed by atoms with Crippen molar-refractivity contribution in [3.8, 4) is 0 Å². The number of hydrogen-bond acceptors (Lipinski definition) is 4. The first-order chi connectivity index (χ1) is 8.13. The van der Waals surface area contributed by atoms with Gasteiger partial charge in [-0.05, 0) is 19.1 Å². The van der Waals surface area contributed by atoms with Crippen molar-refractivity contribution in [3.63, 3.8) is 0 Å². The Morgan fingerprint density at radius 2 is 1.82 bits per heavy atom. The number of carbonyl (C=O) groups is 2. The van der Waals surface area contributed by atoms with E-state index in [2.05, 4.69) is 15.6 Å². The Morgan fingerprint density at radius 3 is 2.41 bits per heavy atom. The van der Waals surface area contributed by atoms with Gasteiger partial charge in [-0.15, -0.1) is 0 Å². The van der Waals surface area contributed by atoms with Gasteiger partial charge in [0, 0.05) is 17.3 Å². The molecule has 17 heavy (non-hydrogen) atoms. The van der Waals surface area contributed by atoms with Gasteiger partial charge in [0.15, 0.2) is 0 Å². The number of rotatable bonds is 4. The number of hydrogen-bond donors (Lipinski definition) is 2. The van der Waals surface area contributed by atoms with Crippen LogP contribution in [0.25, 0.3) is 0 Å². The van der Waals surface area contributed by atoms with Crippen LogP contribution in [-0.4, -0.2) is 19.0 Å². The standard InChI is InChI=1S/C12H14N2O3/c1-9(8-11(15)17-2)13-14-12(16)10-6-4-3-5-7-10/h3-8,13H,1-2H3,(H,14,16)/b9-8-. The van der Waals surface area contributed by atoms with Crippen LogP contribution in [0.4, 0.5) is 0 Å². The smallest absolute Gasteiger partial charge is 0.332 e. The van der Waals surface area contributed by atoms with Crippen LogP contribution >= 0.6 is 0 Å². The lowest BCUT2D eigenvalue weighted by Crippen LogP contribution is -2.36. The Bertz CT molecular complexity index is 427. The number of carbonyl (C=O) groups excluding carboxylic acids is 2. The summed E-state index contributed by atoms with van der Waals surface area (Å²) < 4.78 is 4.44. The van der Waals surface area contributed by atoms with Crippen LogP contribution in [-0.2, 0) is 9.53 Å². The molecular weight excluding hydrogens is 220 g/mol. The summed E-state index contributed by atoms with van der Waals surface area (Å²) in [5.74, 6) is -0.757. The van der Waals surface area contributed by atoms with Gasteiger partial charge in [-0.2, -0.15) is 0 Å². The van der Waals surface area contributed by atoms with E-state index < -0.39 is 5.97 Å². The molecule has 0 spiro atoms. The summed E-state index contributed by atoms with van der Waals surface area (Å²) in [6.45, 7) is 1.64. The summed E-state index contributed by atoms with van der Waals surface area (Å²) in [5.41, 5.74) is 6.09. The lowest BCUT2D eigenvalue weighted by atomic mass is 10.2. The lowest BCUT2D eigenvalue weighted by molar-refractivity contribution is -0.134. The van der Waals surface area contributed by atoms with E-state index in [1.165, 1.54) is 13.2 Å². The minimum Gasteiger partial charge on any atom is -0.466 e. The summed E-state index contributed by atoms with van der Waals surface area (Å²) in [5, 5.41) is 0. The molecule has 0 aliphatic carbocycles. The first-order valence-electron chi connectivity index (χ1n) is 5.01. The molecule has 0 fully saturated rings. The zero-order chi connectivity index (χ0) is 12.7. The molecule has 1 aromatic carbocycles. The van der Waals surface area contributed by atoms with Gasteiger partial charge in [0.1, 0.15) is 0 Å². The maximum atomic E-state index is 11.6. The molecule has 0 aliphatic heterocycles. The Labute approximate surface area is 99.4 Å². The van der Waals surface area contributed by atoms with Gasteiger partial charge in [-0.3, -0.25) is 10.2 Å². The molecule has 1 rings (SSSR count). The van der Waals surface area contributed by atoms with Crippen LogP contribution in [0.15, 0.2) is 42.1 Å². The Morgan fingerprint density at radius 1 is 1.18 bits per heavy atom. The summed E-state index contributed by atoms with van der Waals surface area (Å²) >= 11 is 0. The van der Waals surface area contributed by atoms with Gasteiger partial charge in [0.2, 0.25) is 0 Å². The molecule has 0 unspecified atom stereocenters. The monoisotopic (exact) mass is 234 g/mol. The molecule has 0 radical (unpaired) electrons. The second-order valence-corrected chi connectivity index (χ2v) is 3.30. The number of ether oxygens (including phenoxy) is 1. The highest BCUT2D eigenvalue weighted by Gasteiger charge is 2.03. The van der Waals surface area contributed by atoms with Crippen LogP contribution in [0.2, 0.25) is 0 Å². The average Bonchev–Trinajstić information content (AvgIpc) is 2.36.